The molecule has 0 heteroatoms. The summed E-state index contributed by atoms with van der Waals surface area (Å²) in [5, 5.41) is 0. The van der Waals surface area contributed by atoms with Crippen molar-refractivity contribution in [3.8, 4) is 0 Å². The van der Waals surface area contributed by atoms with Gasteiger partial charge in [0.2, 0.25) is 0 Å². The van der Waals surface area contributed by atoms with Crippen LogP contribution >= 0.6 is 0 Å². The molecule has 0 heterocycles. The Morgan fingerprint density at radius 3 is 0.647 bits per heavy atom. The summed E-state index contributed by atoms with van der Waals surface area (Å²) in [6.45, 7) is 5.19. The van der Waals surface area contributed by atoms with Crippen molar-refractivity contribution in [3.63, 3.8) is 0 Å². The van der Waals surface area contributed by atoms with Gasteiger partial charge in [-0.2, -0.15) is 0 Å². The predicted octanol–water partition coefficient (Wildman–Crippen LogP) is 12.4. The van der Waals surface area contributed by atoms with Gasteiger partial charge in [-0.3, -0.25) is 0 Å². The number of hydrogen-bond donors (Lipinski definition) is 0. The Morgan fingerprint density at radius 1 is 0.294 bits per heavy atom. The molecule has 2 fully saturated rings. The summed E-state index contributed by atoms with van der Waals surface area (Å²) in [5.74, 6) is 3.89. The second kappa shape index (κ2) is 21.1. The zero-order valence-electron chi connectivity index (χ0n) is 24.1. The normalized spacial score (nSPS) is 24.7. The van der Waals surface area contributed by atoms with Crippen molar-refractivity contribution in [3.05, 3.63) is 0 Å². The van der Waals surface area contributed by atoms with Crippen LogP contribution in [0.3, 0.4) is 0 Å². The summed E-state index contributed by atoms with van der Waals surface area (Å²) in [7, 11) is 0. The Hall–Kier alpha value is 0. The van der Waals surface area contributed by atoms with Gasteiger partial charge < -0.3 is 0 Å². The van der Waals surface area contributed by atoms with Crippen LogP contribution in [-0.2, 0) is 0 Å². The largest absolute Gasteiger partial charge is 0.0625 e. The van der Waals surface area contributed by atoms with E-state index >= 15 is 0 Å². The monoisotopic (exact) mass is 475 g/mol. The van der Waals surface area contributed by atoms with Gasteiger partial charge in [-0.1, -0.05) is 194 Å². The van der Waals surface area contributed by atoms with Crippen molar-refractivity contribution in [2.45, 2.75) is 194 Å². The first-order chi connectivity index (χ1) is 16.8. The SMILES string of the molecule is CC(C)C(C1CCCCCCCCCCCCCC1)C1CCCCCCCCCCCCCC1. The fourth-order valence-electron chi connectivity index (χ4n) is 7.69. The summed E-state index contributed by atoms with van der Waals surface area (Å²) in [5.41, 5.74) is 0. The molecule has 202 valence electrons. The molecular weight excluding hydrogens is 408 g/mol. The average molecular weight is 475 g/mol. The third-order valence-electron chi connectivity index (χ3n) is 9.66. The van der Waals surface area contributed by atoms with Crippen molar-refractivity contribution in [1.29, 1.82) is 0 Å². The fraction of sp³-hybridized carbons (Fsp3) is 1.00. The van der Waals surface area contributed by atoms with E-state index in [1.54, 1.807) is 25.7 Å². The highest BCUT2D eigenvalue weighted by Crippen LogP contribution is 2.40. The summed E-state index contributed by atoms with van der Waals surface area (Å²) >= 11 is 0. The molecule has 0 radical (unpaired) electrons. The van der Waals surface area contributed by atoms with Gasteiger partial charge >= 0.3 is 0 Å². The van der Waals surface area contributed by atoms with Gasteiger partial charge in [0.05, 0.1) is 0 Å². The highest BCUT2D eigenvalue weighted by molar-refractivity contribution is 4.81. The lowest BCUT2D eigenvalue weighted by atomic mass is 9.68. The van der Waals surface area contributed by atoms with Crippen LogP contribution in [0.2, 0.25) is 0 Å². The minimum atomic E-state index is 0.874. The molecule has 0 unspecified atom stereocenters. The quantitative estimate of drug-likeness (QED) is 0.381. The average Bonchev–Trinajstić information content (AvgIpc) is 2.84. The van der Waals surface area contributed by atoms with Crippen molar-refractivity contribution in [1.82, 2.24) is 0 Å². The highest BCUT2D eigenvalue weighted by Gasteiger charge is 2.31. The summed E-state index contributed by atoms with van der Waals surface area (Å²) in [4.78, 5) is 0. The molecule has 0 atom stereocenters. The lowest BCUT2D eigenvalue weighted by Crippen LogP contribution is -2.29. The lowest BCUT2D eigenvalue weighted by Gasteiger charge is -2.38. The maximum atomic E-state index is 2.59. The topological polar surface area (TPSA) is 0 Å². The van der Waals surface area contributed by atoms with Gasteiger partial charge in [0.15, 0.2) is 0 Å². The molecular formula is C34H66. The maximum Gasteiger partial charge on any atom is -0.0334 e. The van der Waals surface area contributed by atoms with Crippen molar-refractivity contribution in [2.24, 2.45) is 23.7 Å². The van der Waals surface area contributed by atoms with Gasteiger partial charge in [0.1, 0.15) is 0 Å². The van der Waals surface area contributed by atoms with Gasteiger partial charge in [-0.05, 0) is 23.7 Å². The first kappa shape index (κ1) is 30.2. The zero-order chi connectivity index (χ0) is 24.1. The van der Waals surface area contributed by atoms with Crippen LogP contribution in [0.15, 0.2) is 0 Å². The molecule has 2 aliphatic carbocycles. The minimum absolute atomic E-state index is 0.874. The van der Waals surface area contributed by atoms with E-state index in [4.69, 9.17) is 0 Å². The second-order valence-electron chi connectivity index (χ2n) is 13.0. The predicted molar refractivity (Wildman–Crippen MR) is 155 cm³/mol. The van der Waals surface area contributed by atoms with E-state index in [1.807, 2.05) is 0 Å². The molecule has 0 aromatic heterocycles. The molecule has 2 rings (SSSR count). The van der Waals surface area contributed by atoms with Crippen LogP contribution in [0.1, 0.15) is 194 Å². The molecule has 0 aromatic carbocycles. The Morgan fingerprint density at radius 2 is 0.471 bits per heavy atom. The lowest BCUT2D eigenvalue weighted by molar-refractivity contribution is 0.122. The van der Waals surface area contributed by atoms with Gasteiger partial charge in [0.25, 0.3) is 0 Å². The molecule has 0 bridgehead atoms. The second-order valence-corrected chi connectivity index (χ2v) is 13.0. The molecule has 0 aromatic rings. The molecule has 0 amide bonds. The standard InChI is InChI=1S/C34H66/c1-31(2)34(32-27-23-19-15-11-7-3-4-8-12-16-20-24-28-32)33-29-25-21-17-13-9-5-6-10-14-18-22-26-30-33/h31-34H,3-30H2,1-2H3. The van der Waals surface area contributed by atoms with Gasteiger partial charge in [-0.15, -0.1) is 0 Å². The smallest absolute Gasteiger partial charge is 0.0334 e. The Balaban J connectivity index is 1.99. The highest BCUT2D eigenvalue weighted by atomic mass is 14.4. The van der Waals surface area contributed by atoms with E-state index in [0.717, 1.165) is 23.7 Å². The number of hydrogen-bond acceptors (Lipinski definition) is 0. The molecule has 0 spiro atoms. The van der Waals surface area contributed by atoms with E-state index in [1.165, 1.54) is 154 Å². The molecule has 0 aliphatic heterocycles. The van der Waals surface area contributed by atoms with E-state index in [2.05, 4.69) is 13.8 Å². The van der Waals surface area contributed by atoms with E-state index in [0.29, 0.717) is 0 Å². The fourth-order valence-corrected chi connectivity index (χ4v) is 7.69. The first-order valence-electron chi connectivity index (χ1n) is 16.8. The molecule has 2 aliphatic rings. The molecule has 0 nitrogen and oxygen atoms in total. The van der Waals surface area contributed by atoms with Crippen molar-refractivity contribution >= 4 is 0 Å². The first-order valence-corrected chi connectivity index (χ1v) is 16.8. The van der Waals surface area contributed by atoms with Crippen LogP contribution in [0, 0.1) is 23.7 Å². The summed E-state index contributed by atoms with van der Waals surface area (Å²) in [6, 6.07) is 0. The maximum absolute atomic E-state index is 2.59. The van der Waals surface area contributed by atoms with E-state index in [9.17, 15) is 0 Å². The summed E-state index contributed by atoms with van der Waals surface area (Å²) < 4.78 is 0. The van der Waals surface area contributed by atoms with Gasteiger partial charge in [0, 0.05) is 0 Å². The summed E-state index contributed by atoms with van der Waals surface area (Å²) in [6.07, 6.45) is 42.3. The third-order valence-corrected chi connectivity index (χ3v) is 9.66. The van der Waals surface area contributed by atoms with Crippen LogP contribution in [0.25, 0.3) is 0 Å². The van der Waals surface area contributed by atoms with Gasteiger partial charge in [-0.25, -0.2) is 0 Å². The molecule has 2 saturated carbocycles. The molecule has 34 heavy (non-hydrogen) atoms. The van der Waals surface area contributed by atoms with Crippen LogP contribution in [0.5, 0.6) is 0 Å². The van der Waals surface area contributed by atoms with Crippen LogP contribution < -0.4 is 0 Å². The Kier molecular flexibility index (Phi) is 18.8. The van der Waals surface area contributed by atoms with Crippen LogP contribution in [0.4, 0.5) is 0 Å². The van der Waals surface area contributed by atoms with Crippen LogP contribution in [-0.4, -0.2) is 0 Å². The Bertz CT molecular complexity index is 356. The van der Waals surface area contributed by atoms with Crippen molar-refractivity contribution < 1.29 is 0 Å². The zero-order valence-corrected chi connectivity index (χ0v) is 24.1. The third kappa shape index (κ3) is 14.5. The molecule has 0 saturated heterocycles. The van der Waals surface area contributed by atoms with Crippen molar-refractivity contribution in [2.75, 3.05) is 0 Å². The van der Waals surface area contributed by atoms with E-state index in [-0.39, 0.29) is 0 Å². The van der Waals surface area contributed by atoms with E-state index < -0.39 is 0 Å². The number of rotatable bonds is 3. The Labute approximate surface area is 217 Å². The molecule has 0 N–H and O–H groups in total. The minimum Gasteiger partial charge on any atom is -0.0625 e.